The Kier molecular flexibility index (Phi) is 39.5. The van der Waals surface area contributed by atoms with Crippen molar-refractivity contribution in [2.24, 2.45) is 0 Å². The molecule has 3 rings (SSSR count). The van der Waals surface area contributed by atoms with Crippen LogP contribution in [0.25, 0.3) is 0 Å². The van der Waals surface area contributed by atoms with Crippen molar-refractivity contribution < 1.29 is 89.4 Å². The first kappa shape index (κ1) is 71.8. The number of unbranched alkanes of at least 4 members (excludes halogenated alkanes) is 20. The van der Waals surface area contributed by atoms with Gasteiger partial charge in [-0.2, -0.15) is 0 Å². The molecule has 3 heterocycles. The summed E-state index contributed by atoms with van der Waals surface area (Å²) in [4.78, 5) is 13.3. The maximum Gasteiger partial charge on any atom is 0.220 e. The molecule has 19 heteroatoms. The lowest BCUT2D eigenvalue weighted by Crippen LogP contribution is -2.66. The number of rotatable bonds is 44. The molecular formula is C61H107NO18. The van der Waals surface area contributed by atoms with Crippen LogP contribution in [0.15, 0.2) is 60.8 Å². The minimum Gasteiger partial charge on any atom is -0.394 e. The van der Waals surface area contributed by atoms with Gasteiger partial charge < -0.3 is 89.9 Å². The SMILES string of the molecule is CCCCC/C=C\C/C=C\CCCCCCCCCCCC(=O)NC(COC1OC(CO)C(OC2OC(CO)C(OC3OC(CO)C(O)C(O)C3O)C(O)C2O)C(O)C1O)C(O)/C=C/CC/C=C/CC/C=C/CCCCCCCC. The highest BCUT2D eigenvalue weighted by molar-refractivity contribution is 5.76. The van der Waals surface area contributed by atoms with Gasteiger partial charge in [0.2, 0.25) is 5.91 Å². The van der Waals surface area contributed by atoms with Crippen LogP contribution in [0, 0.1) is 0 Å². The number of hydrogen-bond acceptors (Lipinski definition) is 18. The van der Waals surface area contributed by atoms with Crippen LogP contribution >= 0.6 is 0 Å². The van der Waals surface area contributed by atoms with Crippen molar-refractivity contribution in [1.29, 1.82) is 0 Å². The Hall–Kier alpha value is -2.51. The molecular weight excluding hydrogens is 1030 g/mol. The second-order valence-electron chi connectivity index (χ2n) is 21.8. The van der Waals surface area contributed by atoms with E-state index in [1.165, 1.54) is 89.9 Å². The first-order valence-corrected chi connectivity index (χ1v) is 30.5. The average Bonchev–Trinajstić information content (AvgIpc) is 3.50. The molecule has 80 heavy (non-hydrogen) atoms. The molecule has 0 aliphatic carbocycles. The predicted molar refractivity (Wildman–Crippen MR) is 305 cm³/mol. The lowest BCUT2D eigenvalue weighted by atomic mass is 9.96. The van der Waals surface area contributed by atoms with Gasteiger partial charge in [-0.05, 0) is 77.0 Å². The van der Waals surface area contributed by atoms with E-state index in [1.807, 2.05) is 6.08 Å². The third kappa shape index (κ3) is 27.5. The second kappa shape index (κ2) is 44.0. The van der Waals surface area contributed by atoms with E-state index in [0.717, 1.165) is 64.2 Å². The molecule has 0 bridgehead atoms. The Morgan fingerprint density at radius 1 is 0.450 bits per heavy atom. The summed E-state index contributed by atoms with van der Waals surface area (Å²) in [5, 5.41) is 120. The summed E-state index contributed by atoms with van der Waals surface area (Å²) in [6.45, 7) is 1.64. The van der Waals surface area contributed by atoms with E-state index in [0.29, 0.717) is 12.8 Å². The Bertz CT molecular complexity index is 1700. The minimum atomic E-state index is -1.98. The summed E-state index contributed by atoms with van der Waals surface area (Å²) in [6.07, 6.45) is 23.4. The standard InChI is InChI=1S/C61H107NO18/c1-3-5-7-9-11-13-15-17-19-21-22-23-25-27-29-31-33-35-37-39-49(67)62-44(45(66)38-36-34-32-30-28-26-24-20-18-16-14-12-10-8-6-4-2)43-75-59-55(73)52(70)57(47(41-64)77-59)80-61-56(74)53(71)58(48(42-65)78-61)79-60-54(72)51(69)50(68)46(40-63)76-60/h11,13,17-20,28,30,36,38,44-48,50-61,63-66,68-74H,3-10,12,14-16,21-27,29,31-35,37,39-43H2,1-2H3,(H,62,67)/b13-11-,19-17-,20-18+,30-28+,38-36+. The summed E-state index contributed by atoms with van der Waals surface area (Å²) in [6, 6.07) is -1.000. The fourth-order valence-corrected chi connectivity index (χ4v) is 9.96. The molecule has 0 aromatic heterocycles. The van der Waals surface area contributed by atoms with Crippen LogP contribution in [0.2, 0.25) is 0 Å². The van der Waals surface area contributed by atoms with E-state index in [9.17, 15) is 61.0 Å². The topological polar surface area (TPSA) is 307 Å². The molecule has 17 atom stereocenters. The van der Waals surface area contributed by atoms with Gasteiger partial charge in [-0.15, -0.1) is 0 Å². The maximum atomic E-state index is 13.3. The van der Waals surface area contributed by atoms with Crippen LogP contribution in [-0.2, 0) is 33.2 Å². The number of aliphatic hydroxyl groups excluding tert-OH is 11. The summed E-state index contributed by atoms with van der Waals surface area (Å²) < 4.78 is 34.2. The Morgan fingerprint density at radius 2 is 0.838 bits per heavy atom. The van der Waals surface area contributed by atoms with Gasteiger partial charge in [0.15, 0.2) is 18.9 Å². The molecule has 0 radical (unpaired) electrons. The summed E-state index contributed by atoms with van der Waals surface area (Å²) in [5.74, 6) is -0.297. The fraction of sp³-hybridized carbons (Fsp3) is 0.820. The van der Waals surface area contributed by atoms with Crippen molar-refractivity contribution in [3.05, 3.63) is 60.8 Å². The molecule has 19 nitrogen and oxygen atoms in total. The molecule has 464 valence electrons. The molecule has 0 aromatic carbocycles. The normalized spacial score (nSPS) is 30.4. The zero-order chi connectivity index (χ0) is 58.3. The van der Waals surface area contributed by atoms with E-state index < -0.39 is 124 Å². The van der Waals surface area contributed by atoms with Gasteiger partial charge in [-0.1, -0.05) is 164 Å². The van der Waals surface area contributed by atoms with Crippen molar-refractivity contribution in [2.45, 2.75) is 291 Å². The third-order valence-corrected chi connectivity index (χ3v) is 15.0. The van der Waals surface area contributed by atoms with Crippen molar-refractivity contribution in [1.82, 2.24) is 5.32 Å². The Labute approximate surface area is 477 Å². The molecule has 3 aliphatic heterocycles. The van der Waals surface area contributed by atoms with Crippen molar-refractivity contribution >= 4 is 5.91 Å². The maximum absolute atomic E-state index is 13.3. The van der Waals surface area contributed by atoms with Crippen molar-refractivity contribution in [3.63, 3.8) is 0 Å². The highest BCUT2D eigenvalue weighted by Crippen LogP contribution is 2.33. The monoisotopic (exact) mass is 1140 g/mol. The van der Waals surface area contributed by atoms with Crippen LogP contribution in [0.1, 0.15) is 187 Å². The van der Waals surface area contributed by atoms with Crippen molar-refractivity contribution in [2.75, 3.05) is 26.4 Å². The molecule has 0 spiro atoms. The zero-order valence-corrected chi connectivity index (χ0v) is 48.3. The largest absolute Gasteiger partial charge is 0.394 e. The van der Waals surface area contributed by atoms with E-state index in [4.69, 9.17) is 28.4 Å². The Balaban J connectivity index is 1.52. The second-order valence-corrected chi connectivity index (χ2v) is 21.8. The Morgan fingerprint density at radius 3 is 1.35 bits per heavy atom. The highest BCUT2D eigenvalue weighted by Gasteiger charge is 2.53. The van der Waals surface area contributed by atoms with Crippen LogP contribution in [0.3, 0.4) is 0 Å². The van der Waals surface area contributed by atoms with E-state index >= 15 is 0 Å². The molecule has 0 saturated carbocycles. The lowest BCUT2D eigenvalue weighted by Gasteiger charge is -2.48. The van der Waals surface area contributed by atoms with Gasteiger partial charge in [0.05, 0.1) is 38.6 Å². The van der Waals surface area contributed by atoms with Gasteiger partial charge >= 0.3 is 0 Å². The molecule has 12 N–H and O–H groups in total. The first-order chi connectivity index (χ1) is 38.8. The van der Waals surface area contributed by atoms with Crippen LogP contribution in [-0.4, -0.2) is 193 Å². The number of carbonyl (C=O) groups is 1. The molecule has 17 unspecified atom stereocenters. The smallest absolute Gasteiger partial charge is 0.220 e. The number of aliphatic hydroxyl groups is 11. The number of amides is 1. The summed E-state index contributed by atoms with van der Waals surface area (Å²) >= 11 is 0. The fourth-order valence-electron chi connectivity index (χ4n) is 9.96. The average molecular weight is 1140 g/mol. The lowest BCUT2D eigenvalue weighted by molar-refractivity contribution is -0.379. The number of carbonyl (C=O) groups excluding carboxylic acids is 1. The molecule has 3 fully saturated rings. The first-order valence-electron chi connectivity index (χ1n) is 30.5. The molecule has 1 amide bonds. The summed E-state index contributed by atoms with van der Waals surface area (Å²) in [5.41, 5.74) is 0. The van der Waals surface area contributed by atoms with Gasteiger partial charge in [0.1, 0.15) is 73.2 Å². The number of nitrogens with one attached hydrogen (secondary N) is 1. The predicted octanol–water partition coefficient (Wildman–Crippen LogP) is 5.65. The summed E-state index contributed by atoms with van der Waals surface area (Å²) in [7, 11) is 0. The van der Waals surface area contributed by atoms with Crippen molar-refractivity contribution in [3.8, 4) is 0 Å². The molecule has 3 aliphatic rings. The van der Waals surface area contributed by atoms with E-state index in [-0.39, 0.29) is 18.9 Å². The molecule has 3 saturated heterocycles. The van der Waals surface area contributed by atoms with Gasteiger partial charge in [0, 0.05) is 6.42 Å². The number of allylic oxidation sites excluding steroid dienone is 9. The van der Waals surface area contributed by atoms with Gasteiger partial charge in [-0.3, -0.25) is 4.79 Å². The van der Waals surface area contributed by atoms with Crippen LogP contribution < -0.4 is 5.32 Å². The zero-order valence-electron chi connectivity index (χ0n) is 48.3. The quantitative estimate of drug-likeness (QED) is 0.0259. The highest BCUT2D eigenvalue weighted by atomic mass is 16.8. The van der Waals surface area contributed by atoms with Gasteiger partial charge in [0.25, 0.3) is 0 Å². The number of ether oxygens (including phenoxy) is 6. The van der Waals surface area contributed by atoms with Gasteiger partial charge in [-0.25, -0.2) is 0 Å². The third-order valence-electron chi connectivity index (χ3n) is 15.0. The van der Waals surface area contributed by atoms with E-state index in [1.54, 1.807) is 6.08 Å². The minimum absolute atomic E-state index is 0.225. The molecule has 0 aromatic rings. The van der Waals surface area contributed by atoms with Crippen LogP contribution in [0.4, 0.5) is 0 Å². The van der Waals surface area contributed by atoms with E-state index in [2.05, 4.69) is 67.8 Å². The number of hydrogen-bond donors (Lipinski definition) is 12. The van der Waals surface area contributed by atoms with Crippen LogP contribution in [0.5, 0.6) is 0 Å².